The van der Waals surface area contributed by atoms with E-state index in [2.05, 4.69) is 0 Å². The van der Waals surface area contributed by atoms with E-state index < -0.39 is 3.79 Å². The molecule has 0 unspecified atom stereocenters. The summed E-state index contributed by atoms with van der Waals surface area (Å²) in [4.78, 5) is 0. The van der Waals surface area contributed by atoms with E-state index in [0.717, 1.165) is 5.75 Å². The molecule has 0 amide bonds. The lowest BCUT2D eigenvalue weighted by atomic mass is 10.2. The van der Waals surface area contributed by atoms with E-state index >= 15 is 0 Å². The van der Waals surface area contributed by atoms with Crippen molar-refractivity contribution in [2.45, 2.75) is 3.79 Å². The van der Waals surface area contributed by atoms with Gasteiger partial charge in [-0.05, 0) is 24.3 Å². The van der Waals surface area contributed by atoms with Crippen molar-refractivity contribution in [3.8, 4) is 11.5 Å². The first-order valence-corrected chi connectivity index (χ1v) is 6.09. The number of hydrogen-bond acceptors (Lipinski definition) is 1. The lowest BCUT2D eigenvalue weighted by molar-refractivity contribution is 0.482. The summed E-state index contributed by atoms with van der Waals surface area (Å²) < 4.78 is 4.22. The molecule has 4 heteroatoms. The number of halogens is 3. The predicted molar refractivity (Wildman–Crippen MR) is 72.2 cm³/mol. The maximum atomic E-state index is 5.76. The Bertz CT molecular complexity index is 474. The predicted octanol–water partition coefficient (Wildman–Crippen LogP) is 5.31. The number of ether oxygens (including phenoxy) is 1. The Morgan fingerprint density at radius 1 is 0.706 bits per heavy atom. The molecule has 0 bridgehead atoms. The van der Waals surface area contributed by atoms with Crippen LogP contribution < -0.4 is 4.74 Å². The molecule has 0 aliphatic rings. The summed E-state index contributed by atoms with van der Waals surface area (Å²) >= 11 is 17.3. The van der Waals surface area contributed by atoms with E-state index in [1.54, 1.807) is 24.3 Å². The molecule has 0 aliphatic heterocycles. The molecule has 0 aromatic heterocycles. The summed E-state index contributed by atoms with van der Waals surface area (Å²) in [6, 6.07) is 16.5. The molecule has 17 heavy (non-hydrogen) atoms. The quantitative estimate of drug-likeness (QED) is 0.681. The number of alkyl halides is 3. The minimum atomic E-state index is -1.40. The Labute approximate surface area is 115 Å². The summed E-state index contributed by atoms with van der Waals surface area (Å²) in [5, 5.41) is 0. The van der Waals surface area contributed by atoms with Gasteiger partial charge >= 0.3 is 0 Å². The van der Waals surface area contributed by atoms with Crippen LogP contribution in [0, 0.1) is 0 Å². The van der Waals surface area contributed by atoms with Crippen LogP contribution in [0.25, 0.3) is 0 Å². The van der Waals surface area contributed by atoms with Gasteiger partial charge in [0, 0.05) is 5.56 Å². The summed E-state index contributed by atoms with van der Waals surface area (Å²) in [6.07, 6.45) is 0. The van der Waals surface area contributed by atoms with Gasteiger partial charge in [-0.25, -0.2) is 0 Å². The Morgan fingerprint density at radius 3 is 1.76 bits per heavy atom. The molecule has 1 nitrogen and oxygen atoms in total. The van der Waals surface area contributed by atoms with Gasteiger partial charge < -0.3 is 4.74 Å². The van der Waals surface area contributed by atoms with Gasteiger partial charge in [0.05, 0.1) is 0 Å². The normalized spacial score (nSPS) is 11.2. The van der Waals surface area contributed by atoms with Crippen LogP contribution >= 0.6 is 34.8 Å². The smallest absolute Gasteiger partial charge is 0.216 e. The van der Waals surface area contributed by atoms with Gasteiger partial charge in [0.25, 0.3) is 0 Å². The van der Waals surface area contributed by atoms with Crippen LogP contribution in [0.1, 0.15) is 5.56 Å². The van der Waals surface area contributed by atoms with E-state index in [1.165, 1.54) is 0 Å². The molecule has 0 saturated carbocycles. The van der Waals surface area contributed by atoms with Crippen LogP contribution in [0.15, 0.2) is 54.6 Å². The Morgan fingerprint density at radius 2 is 1.24 bits per heavy atom. The third-order valence-electron chi connectivity index (χ3n) is 2.16. The van der Waals surface area contributed by atoms with Crippen LogP contribution in [-0.2, 0) is 3.79 Å². The highest BCUT2D eigenvalue weighted by atomic mass is 35.6. The average Bonchev–Trinajstić information content (AvgIpc) is 2.30. The Hall–Kier alpha value is -0.890. The van der Waals surface area contributed by atoms with Gasteiger partial charge in [0.2, 0.25) is 3.79 Å². The van der Waals surface area contributed by atoms with Crippen LogP contribution in [0.4, 0.5) is 0 Å². The molecule has 0 radical (unpaired) electrons. The van der Waals surface area contributed by atoms with Gasteiger partial charge in [0.1, 0.15) is 11.5 Å². The number of hydrogen-bond donors (Lipinski definition) is 0. The van der Waals surface area contributed by atoms with E-state index in [-0.39, 0.29) is 0 Å². The minimum absolute atomic E-state index is 0.614. The zero-order valence-electron chi connectivity index (χ0n) is 8.74. The maximum absolute atomic E-state index is 5.76. The molecule has 0 heterocycles. The van der Waals surface area contributed by atoms with Crippen LogP contribution in [0.2, 0.25) is 0 Å². The van der Waals surface area contributed by atoms with Gasteiger partial charge in [-0.3, -0.25) is 0 Å². The molecule has 0 saturated heterocycles. The van der Waals surface area contributed by atoms with Gasteiger partial charge in [-0.15, -0.1) is 0 Å². The molecule has 88 valence electrons. The zero-order valence-corrected chi connectivity index (χ0v) is 11.0. The van der Waals surface area contributed by atoms with E-state index in [4.69, 9.17) is 39.5 Å². The zero-order chi connectivity index (χ0) is 12.3. The highest BCUT2D eigenvalue weighted by molar-refractivity contribution is 6.66. The van der Waals surface area contributed by atoms with Gasteiger partial charge in [-0.2, -0.15) is 0 Å². The fraction of sp³-hybridized carbons (Fsp3) is 0.0769. The molecular formula is C13H9Cl3O. The fourth-order valence-electron chi connectivity index (χ4n) is 1.34. The molecular weight excluding hydrogens is 279 g/mol. The van der Waals surface area contributed by atoms with E-state index in [0.29, 0.717) is 11.3 Å². The molecule has 0 spiro atoms. The molecule has 2 aromatic rings. The third kappa shape index (κ3) is 3.53. The summed E-state index contributed by atoms with van der Waals surface area (Å²) in [5.41, 5.74) is 0.614. The van der Waals surface area contributed by atoms with Crippen LogP contribution in [-0.4, -0.2) is 0 Å². The fourth-order valence-corrected chi connectivity index (χ4v) is 1.71. The second-order valence-electron chi connectivity index (χ2n) is 3.44. The number of para-hydroxylation sites is 1. The van der Waals surface area contributed by atoms with Crippen molar-refractivity contribution >= 4 is 34.8 Å². The number of rotatable bonds is 2. The van der Waals surface area contributed by atoms with Crippen molar-refractivity contribution in [1.82, 2.24) is 0 Å². The largest absolute Gasteiger partial charge is 0.457 e. The first kappa shape index (κ1) is 12.6. The Kier molecular flexibility index (Phi) is 3.82. The lowest BCUT2D eigenvalue weighted by Gasteiger charge is -2.12. The molecule has 0 aliphatic carbocycles. The molecule has 2 rings (SSSR count). The summed E-state index contributed by atoms with van der Waals surface area (Å²) in [5.74, 6) is 1.48. The van der Waals surface area contributed by atoms with Crippen molar-refractivity contribution in [2.24, 2.45) is 0 Å². The molecule has 0 N–H and O–H groups in total. The summed E-state index contributed by atoms with van der Waals surface area (Å²) in [7, 11) is 0. The van der Waals surface area contributed by atoms with E-state index in [1.807, 2.05) is 30.3 Å². The number of benzene rings is 2. The monoisotopic (exact) mass is 286 g/mol. The second-order valence-corrected chi connectivity index (χ2v) is 5.72. The minimum Gasteiger partial charge on any atom is -0.457 e. The average molecular weight is 288 g/mol. The Balaban J connectivity index is 2.14. The van der Waals surface area contributed by atoms with Crippen molar-refractivity contribution in [3.63, 3.8) is 0 Å². The highest BCUT2D eigenvalue weighted by Gasteiger charge is 2.22. The van der Waals surface area contributed by atoms with Gasteiger partial charge in [-0.1, -0.05) is 65.1 Å². The third-order valence-corrected chi connectivity index (χ3v) is 2.82. The van der Waals surface area contributed by atoms with Crippen molar-refractivity contribution < 1.29 is 4.74 Å². The topological polar surface area (TPSA) is 9.23 Å². The van der Waals surface area contributed by atoms with Crippen LogP contribution in [0.5, 0.6) is 11.5 Å². The lowest BCUT2D eigenvalue weighted by Crippen LogP contribution is -1.99. The van der Waals surface area contributed by atoms with E-state index in [9.17, 15) is 0 Å². The molecule has 0 atom stereocenters. The van der Waals surface area contributed by atoms with Gasteiger partial charge in [0.15, 0.2) is 0 Å². The summed E-state index contributed by atoms with van der Waals surface area (Å²) in [6.45, 7) is 0. The molecule has 2 aromatic carbocycles. The first-order chi connectivity index (χ1) is 8.05. The molecule has 0 fully saturated rings. The van der Waals surface area contributed by atoms with Crippen molar-refractivity contribution in [3.05, 3.63) is 60.2 Å². The van der Waals surface area contributed by atoms with Crippen LogP contribution in [0.3, 0.4) is 0 Å². The van der Waals surface area contributed by atoms with Crippen molar-refractivity contribution in [1.29, 1.82) is 0 Å². The SMILES string of the molecule is ClC(Cl)(Cl)c1ccc(Oc2ccccc2)cc1. The highest BCUT2D eigenvalue weighted by Crippen LogP contribution is 2.38. The maximum Gasteiger partial charge on any atom is 0.216 e. The van der Waals surface area contributed by atoms with Crippen molar-refractivity contribution in [2.75, 3.05) is 0 Å². The standard InChI is InChI=1S/C13H9Cl3O/c14-13(15,16)10-6-8-12(9-7-10)17-11-4-2-1-3-5-11/h1-9H. The second kappa shape index (κ2) is 5.18. The first-order valence-electron chi connectivity index (χ1n) is 4.96.